The van der Waals surface area contributed by atoms with E-state index in [2.05, 4.69) is 66.0 Å². The van der Waals surface area contributed by atoms with E-state index in [-0.39, 0.29) is 0 Å². The van der Waals surface area contributed by atoms with Gasteiger partial charge < -0.3 is 5.32 Å². The van der Waals surface area contributed by atoms with Gasteiger partial charge >= 0.3 is 0 Å². The fourth-order valence-corrected chi connectivity index (χ4v) is 1.65. The summed E-state index contributed by atoms with van der Waals surface area (Å²) in [6, 6.07) is 8.47. The Hall–Kier alpha value is -0.250. The Morgan fingerprint density at radius 3 is 2.77 bits per heavy atom. The van der Waals surface area contributed by atoms with Gasteiger partial charge in [-0.05, 0) is 53.1 Å². The standard InChI is InChI=1S/C11H16IN/c1-9(2)6-7-13-11-5-3-4-10(12)8-11/h3-5,8-9,13H,6-7H2,1-2H3. The lowest BCUT2D eigenvalue weighted by Gasteiger charge is -2.08. The molecule has 2 heteroatoms. The van der Waals surface area contributed by atoms with Crippen LogP contribution < -0.4 is 5.32 Å². The molecule has 0 amide bonds. The van der Waals surface area contributed by atoms with E-state index in [1.165, 1.54) is 15.7 Å². The number of anilines is 1. The van der Waals surface area contributed by atoms with Gasteiger partial charge in [0.15, 0.2) is 0 Å². The van der Waals surface area contributed by atoms with Gasteiger partial charge in [-0.2, -0.15) is 0 Å². The lowest BCUT2D eigenvalue weighted by molar-refractivity contribution is 0.607. The normalized spacial score (nSPS) is 10.5. The van der Waals surface area contributed by atoms with Crippen molar-refractivity contribution in [2.24, 2.45) is 5.92 Å². The summed E-state index contributed by atoms with van der Waals surface area (Å²) in [6.07, 6.45) is 1.23. The largest absolute Gasteiger partial charge is 0.385 e. The molecule has 0 spiro atoms. The minimum absolute atomic E-state index is 0.773. The SMILES string of the molecule is CC(C)CCNc1cccc(I)c1. The second-order valence-electron chi connectivity index (χ2n) is 3.62. The Kier molecular flexibility index (Phi) is 4.56. The third-order valence-electron chi connectivity index (χ3n) is 1.88. The van der Waals surface area contributed by atoms with Gasteiger partial charge in [0.2, 0.25) is 0 Å². The second kappa shape index (κ2) is 5.47. The highest BCUT2D eigenvalue weighted by molar-refractivity contribution is 14.1. The van der Waals surface area contributed by atoms with Crippen molar-refractivity contribution in [2.45, 2.75) is 20.3 Å². The van der Waals surface area contributed by atoms with Gasteiger partial charge in [-0.3, -0.25) is 0 Å². The zero-order valence-electron chi connectivity index (χ0n) is 8.18. The van der Waals surface area contributed by atoms with Gasteiger partial charge in [0, 0.05) is 15.8 Å². The Morgan fingerprint density at radius 1 is 1.38 bits per heavy atom. The molecule has 13 heavy (non-hydrogen) atoms. The summed E-state index contributed by atoms with van der Waals surface area (Å²) in [5, 5.41) is 3.41. The molecule has 0 saturated heterocycles. The van der Waals surface area contributed by atoms with Crippen molar-refractivity contribution >= 4 is 28.3 Å². The predicted octanol–water partition coefficient (Wildman–Crippen LogP) is 3.75. The molecule has 0 fully saturated rings. The van der Waals surface area contributed by atoms with Gasteiger partial charge in [-0.15, -0.1) is 0 Å². The van der Waals surface area contributed by atoms with Crippen LogP contribution in [-0.2, 0) is 0 Å². The molecule has 0 bridgehead atoms. The molecule has 1 rings (SSSR count). The number of hydrogen-bond acceptors (Lipinski definition) is 1. The molecule has 1 aromatic carbocycles. The molecule has 0 radical (unpaired) electrons. The van der Waals surface area contributed by atoms with Crippen molar-refractivity contribution in [1.29, 1.82) is 0 Å². The van der Waals surface area contributed by atoms with Crippen LogP contribution in [0.1, 0.15) is 20.3 Å². The van der Waals surface area contributed by atoms with Crippen molar-refractivity contribution in [3.8, 4) is 0 Å². The van der Waals surface area contributed by atoms with Gasteiger partial charge in [0.25, 0.3) is 0 Å². The molecule has 0 aliphatic heterocycles. The van der Waals surface area contributed by atoms with Crippen LogP contribution >= 0.6 is 22.6 Å². The summed E-state index contributed by atoms with van der Waals surface area (Å²) in [7, 11) is 0. The quantitative estimate of drug-likeness (QED) is 0.832. The van der Waals surface area contributed by atoms with Gasteiger partial charge in [0.05, 0.1) is 0 Å². The summed E-state index contributed by atoms with van der Waals surface area (Å²) in [5.74, 6) is 0.773. The lowest BCUT2D eigenvalue weighted by atomic mass is 10.1. The summed E-state index contributed by atoms with van der Waals surface area (Å²) >= 11 is 2.33. The Morgan fingerprint density at radius 2 is 2.15 bits per heavy atom. The number of benzene rings is 1. The molecule has 0 unspecified atom stereocenters. The first kappa shape index (κ1) is 10.8. The fraction of sp³-hybridized carbons (Fsp3) is 0.455. The highest BCUT2D eigenvalue weighted by Crippen LogP contribution is 2.12. The van der Waals surface area contributed by atoms with E-state index in [1.54, 1.807) is 0 Å². The number of halogens is 1. The van der Waals surface area contributed by atoms with E-state index in [0.29, 0.717) is 0 Å². The molecule has 1 N–H and O–H groups in total. The van der Waals surface area contributed by atoms with Crippen LogP contribution in [0.15, 0.2) is 24.3 Å². The topological polar surface area (TPSA) is 12.0 Å². The van der Waals surface area contributed by atoms with Crippen LogP contribution in [-0.4, -0.2) is 6.54 Å². The van der Waals surface area contributed by atoms with E-state index in [1.807, 2.05) is 0 Å². The first-order valence-electron chi connectivity index (χ1n) is 4.68. The lowest BCUT2D eigenvalue weighted by Crippen LogP contribution is -2.04. The molecule has 1 nitrogen and oxygen atoms in total. The van der Waals surface area contributed by atoms with Gasteiger partial charge in [0.1, 0.15) is 0 Å². The first-order chi connectivity index (χ1) is 6.18. The van der Waals surface area contributed by atoms with Crippen LogP contribution in [0, 0.1) is 9.49 Å². The summed E-state index contributed by atoms with van der Waals surface area (Å²) in [6.45, 7) is 5.56. The predicted molar refractivity (Wildman–Crippen MR) is 67.1 cm³/mol. The Balaban J connectivity index is 2.37. The highest BCUT2D eigenvalue weighted by atomic mass is 127. The third-order valence-corrected chi connectivity index (χ3v) is 2.55. The van der Waals surface area contributed by atoms with E-state index in [4.69, 9.17) is 0 Å². The van der Waals surface area contributed by atoms with Crippen molar-refractivity contribution in [1.82, 2.24) is 0 Å². The maximum Gasteiger partial charge on any atom is 0.0350 e. The summed E-state index contributed by atoms with van der Waals surface area (Å²) in [5.41, 5.74) is 1.23. The number of hydrogen-bond donors (Lipinski definition) is 1. The van der Waals surface area contributed by atoms with Gasteiger partial charge in [-0.1, -0.05) is 19.9 Å². The van der Waals surface area contributed by atoms with Crippen LogP contribution in [0.2, 0.25) is 0 Å². The average molecular weight is 289 g/mol. The number of rotatable bonds is 4. The highest BCUT2D eigenvalue weighted by Gasteiger charge is 1.94. The van der Waals surface area contributed by atoms with E-state index in [0.717, 1.165) is 12.5 Å². The van der Waals surface area contributed by atoms with Crippen molar-refractivity contribution in [3.63, 3.8) is 0 Å². The van der Waals surface area contributed by atoms with Crippen molar-refractivity contribution in [2.75, 3.05) is 11.9 Å². The zero-order valence-corrected chi connectivity index (χ0v) is 10.3. The molecular weight excluding hydrogens is 273 g/mol. The minimum atomic E-state index is 0.773. The summed E-state index contributed by atoms with van der Waals surface area (Å²) in [4.78, 5) is 0. The van der Waals surface area contributed by atoms with Crippen LogP contribution in [0.4, 0.5) is 5.69 Å². The molecule has 0 aromatic heterocycles. The monoisotopic (exact) mass is 289 g/mol. The molecule has 1 aromatic rings. The Bertz CT molecular complexity index is 258. The van der Waals surface area contributed by atoms with Crippen LogP contribution in [0.3, 0.4) is 0 Å². The average Bonchev–Trinajstić information content (AvgIpc) is 2.03. The smallest absolute Gasteiger partial charge is 0.0350 e. The van der Waals surface area contributed by atoms with E-state index >= 15 is 0 Å². The second-order valence-corrected chi connectivity index (χ2v) is 4.87. The van der Waals surface area contributed by atoms with E-state index in [9.17, 15) is 0 Å². The third kappa shape index (κ3) is 4.50. The Labute approximate surface area is 94.1 Å². The number of nitrogens with one attached hydrogen (secondary N) is 1. The molecule has 0 heterocycles. The molecule has 0 aliphatic carbocycles. The first-order valence-corrected chi connectivity index (χ1v) is 5.76. The van der Waals surface area contributed by atoms with Crippen LogP contribution in [0.5, 0.6) is 0 Å². The molecule has 0 atom stereocenters. The molecule has 0 aliphatic rings. The van der Waals surface area contributed by atoms with Crippen molar-refractivity contribution < 1.29 is 0 Å². The van der Waals surface area contributed by atoms with Crippen molar-refractivity contribution in [3.05, 3.63) is 27.8 Å². The summed E-state index contributed by atoms with van der Waals surface area (Å²) < 4.78 is 1.28. The molecule has 72 valence electrons. The minimum Gasteiger partial charge on any atom is -0.385 e. The fourth-order valence-electron chi connectivity index (χ4n) is 1.10. The molecule has 0 saturated carbocycles. The molecular formula is C11H16IN. The van der Waals surface area contributed by atoms with E-state index < -0.39 is 0 Å². The maximum absolute atomic E-state index is 3.41. The van der Waals surface area contributed by atoms with Gasteiger partial charge in [-0.25, -0.2) is 0 Å². The van der Waals surface area contributed by atoms with Crippen LogP contribution in [0.25, 0.3) is 0 Å². The zero-order chi connectivity index (χ0) is 9.68. The maximum atomic E-state index is 3.41.